The molecular weight excluding hydrogens is 302 g/mol. The molecule has 0 bridgehead atoms. The van der Waals surface area contributed by atoms with Gasteiger partial charge in [-0.3, -0.25) is 4.68 Å². The Balaban J connectivity index is 2.60. The van der Waals surface area contributed by atoms with E-state index in [4.69, 9.17) is 0 Å². The number of sulfone groups is 1. The summed E-state index contributed by atoms with van der Waals surface area (Å²) in [4.78, 5) is 4.44. The molecule has 0 aliphatic carbocycles. The summed E-state index contributed by atoms with van der Waals surface area (Å²) in [5, 5.41) is 10.3. The molecular formula is C14H27N5O2S. The number of aromatic nitrogens is 2. The van der Waals surface area contributed by atoms with Gasteiger partial charge in [0, 0.05) is 26.3 Å². The summed E-state index contributed by atoms with van der Waals surface area (Å²) in [6, 6.07) is 1.90. The van der Waals surface area contributed by atoms with Crippen LogP contribution in [0.3, 0.4) is 0 Å². The predicted molar refractivity (Wildman–Crippen MR) is 89.6 cm³/mol. The molecule has 22 heavy (non-hydrogen) atoms. The molecule has 126 valence electrons. The normalized spacial score (nSPS) is 13.2. The van der Waals surface area contributed by atoms with Crippen molar-refractivity contribution in [3.05, 3.63) is 18.0 Å². The van der Waals surface area contributed by atoms with E-state index in [0.29, 0.717) is 25.6 Å². The third kappa shape index (κ3) is 5.32. The SMILES string of the molecule is CCNC(=NCc1ccnn1C)NCCS(=O)(=O)C(C)(C)C. The Labute approximate surface area is 133 Å². The van der Waals surface area contributed by atoms with Crippen molar-refractivity contribution in [2.75, 3.05) is 18.8 Å². The van der Waals surface area contributed by atoms with Gasteiger partial charge in [0.05, 0.1) is 22.7 Å². The number of nitrogens with zero attached hydrogens (tertiary/aromatic N) is 3. The van der Waals surface area contributed by atoms with Gasteiger partial charge in [-0.2, -0.15) is 5.10 Å². The van der Waals surface area contributed by atoms with Crippen LogP contribution in [-0.4, -0.2) is 47.7 Å². The lowest BCUT2D eigenvalue weighted by molar-refractivity contribution is 0.559. The summed E-state index contributed by atoms with van der Waals surface area (Å²) >= 11 is 0. The molecule has 1 heterocycles. The van der Waals surface area contributed by atoms with E-state index in [-0.39, 0.29) is 5.75 Å². The van der Waals surface area contributed by atoms with Gasteiger partial charge >= 0.3 is 0 Å². The first-order valence-corrected chi connectivity index (χ1v) is 9.04. The highest BCUT2D eigenvalue weighted by Gasteiger charge is 2.28. The van der Waals surface area contributed by atoms with E-state index in [9.17, 15) is 8.42 Å². The van der Waals surface area contributed by atoms with Crippen LogP contribution in [0.4, 0.5) is 0 Å². The van der Waals surface area contributed by atoms with Crippen LogP contribution in [-0.2, 0) is 23.4 Å². The van der Waals surface area contributed by atoms with Gasteiger partial charge in [-0.15, -0.1) is 0 Å². The lowest BCUT2D eigenvalue weighted by atomic mass is 10.3. The van der Waals surface area contributed by atoms with Crippen LogP contribution in [0.15, 0.2) is 17.3 Å². The topological polar surface area (TPSA) is 88.4 Å². The van der Waals surface area contributed by atoms with Gasteiger partial charge in [-0.1, -0.05) is 0 Å². The minimum Gasteiger partial charge on any atom is -0.357 e. The second-order valence-electron chi connectivity index (χ2n) is 6.00. The van der Waals surface area contributed by atoms with Crippen molar-refractivity contribution >= 4 is 15.8 Å². The van der Waals surface area contributed by atoms with Gasteiger partial charge in [-0.25, -0.2) is 13.4 Å². The molecule has 0 amide bonds. The largest absolute Gasteiger partial charge is 0.357 e. The number of nitrogens with one attached hydrogen (secondary N) is 2. The maximum atomic E-state index is 12.1. The summed E-state index contributed by atoms with van der Waals surface area (Å²) in [6.45, 7) is 8.63. The molecule has 0 saturated carbocycles. The number of rotatable bonds is 6. The highest BCUT2D eigenvalue weighted by atomic mass is 32.2. The number of aryl methyl sites for hydroxylation is 1. The third-order valence-electron chi connectivity index (χ3n) is 3.26. The van der Waals surface area contributed by atoms with Crippen molar-refractivity contribution in [2.24, 2.45) is 12.0 Å². The molecule has 0 aliphatic heterocycles. The van der Waals surface area contributed by atoms with E-state index in [1.807, 2.05) is 20.0 Å². The molecule has 1 rings (SSSR count). The predicted octanol–water partition coefficient (Wildman–Crippen LogP) is 0.689. The average molecular weight is 329 g/mol. The zero-order chi connectivity index (χ0) is 16.8. The molecule has 0 saturated heterocycles. The van der Waals surface area contributed by atoms with Crippen molar-refractivity contribution in [3.8, 4) is 0 Å². The molecule has 2 N–H and O–H groups in total. The molecule has 0 aliphatic rings. The summed E-state index contributed by atoms with van der Waals surface area (Å²) in [5.41, 5.74) is 0.986. The molecule has 0 radical (unpaired) electrons. The summed E-state index contributed by atoms with van der Waals surface area (Å²) in [5.74, 6) is 0.680. The number of hydrogen-bond acceptors (Lipinski definition) is 4. The van der Waals surface area contributed by atoms with Crippen molar-refractivity contribution in [3.63, 3.8) is 0 Å². The van der Waals surface area contributed by atoms with Gasteiger partial charge in [0.2, 0.25) is 0 Å². The van der Waals surface area contributed by atoms with Crippen LogP contribution in [0.1, 0.15) is 33.4 Å². The van der Waals surface area contributed by atoms with E-state index in [1.165, 1.54) is 0 Å². The fourth-order valence-electron chi connectivity index (χ4n) is 1.67. The van der Waals surface area contributed by atoms with Gasteiger partial charge < -0.3 is 10.6 Å². The molecule has 8 heteroatoms. The minimum atomic E-state index is -3.13. The van der Waals surface area contributed by atoms with Crippen molar-refractivity contribution in [1.82, 2.24) is 20.4 Å². The van der Waals surface area contributed by atoms with Gasteiger partial charge in [0.1, 0.15) is 0 Å². The van der Waals surface area contributed by atoms with Crippen LogP contribution in [0.25, 0.3) is 0 Å². The second-order valence-corrected chi connectivity index (χ2v) is 8.86. The smallest absolute Gasteiger partial charge is 0.191 e. The Morgan fingerprint density at radius 3 is 2.55 bits per heavy atom. The van der Waals surface area contributed by atoms with E-state index in [0.717, 1.165) is 5.69 Å². The maximum Gasteiger partial charge on any atom is 0.191 e. The Hall–Kier alpha value is -1.57. The number of guanidine groups is 1. The second kappa shape index (κ2) is 7.62. The average Bonchev–Trinajstić information content (AvgIpc) is 2.80. The third-order valence-corrected chi connectivity index (χ3v) is 5.87. The molecule has 1 aromatic rings. The zero-order valence-electron chi connectivity index (χ0n) is 14.0. The van der Waals surface area contributed by atoms with Crippen LogP contribution >= 0.6 is 0 Å². The van der Waals surface area contributed by atoms with E-state index in [1.54, 1.807) is 31.6 Å². The molecule has 0 unspecified atom stereocenters. The van der Waals surface area contributed by atoms with E-state index < -0.39 is 14.6 Å². The monoisotopic (exact) mass is 329 g/mol. The number of hydrogen-bond donors (Lipinski definition) is 2. The molecule has 0 atom stereocenters. The summed E-state index contributed by atoms with van der Waals surface area (Å²) < 4.78 is 25.2. The maximum absolute atomic E-state index is 12.1. The zero-order valence-corrected chi connectivity index (χ0v) is 14.9. The molecule has 1 aromatic heterocycles. The fourth-order valence-corrected chi connectivity index (χ4v) is 2.65. The van der Waals surface area contributed by atoms with Crippen LogP contribution in [0.2, 0.25) is 0 Å². The van der Waals surface area contributed by atoms with E-state index >= 15 is 0 Å². The Morgan fingerprint density at radius 2 is 2.05 bits per heavy atom. The van der Waals surface area contributed by atoms with Crippen molar-refractivity contribution in [1.29, 1.82) is 0 Å². The first-order valence-electron chi connectivity index (χ1n) is 7.38. The van der Waals surface area contributed by atoms with Gasteiger partial charge in [0.25, 0.3) is 0 Å². The minimum absolute atomic E-state index is 0.0760. The highest BCUT2D eigenvalue weighted by Crippen LogP contribution is 2.15. The van der Waals surface area contributed by atoms with E-state index in [2.05, 4.69) is 20.7 Å². The first-order chi connectivity index (χ1) is 10.2. The van der Waals surface area contributed by atoms with Gasteiger partial charge in [-0.05, 0) is 33.8 Å². The van der Waals surface area contributed by atoms with Crippen LogP contribution in [0, 0.1) is 0 Å². The molecule has 7 nitrogen and oxygen atoms in total. The lowest BCUT2D eigenvalue weighted by Crippen LogP contribution is -2.41. The summed E-state index contributed by atoms with van der Waals surface area (Å²) in [6.07, 6.45) is 1.72. The van der Waals surface area contributed by atoms with Crippen molar-refractivity contribution < 1.29 is 8.42 Å². The van der Waals surface area contributed by atoms with Gasteiger partial charge in [0.15, 0.2) is 15.8 Å². The fraction of sp³-hybridized carbons (Fsp3) is 0.714. The standard InChI is InChI=1S/C14H27N5O2S/c1-6-15-13(17-11-12-7-8-18-19(12)5)16-9-10-22(20,21)14(2,3)4/h7-8H,6,9-11H2,1-5H3,(H2,15,16,17). The number of aliphatic imine (C=N–C) groups is 1. The van der Waals surface area contributed by atoms with Crippen LogP contribution < -0.4 is 10.6 Å². The lowest BCUT2D eigenvalue weighted by Gasteiger charge is -2.19. The highest BCUT2D eigenvalue weighted by molar-refractivity contribution is 7.92. The molecule has 0 fully saturated rings. The first kappa shape index (κ1) is 18.5. The van der Waals surface area contributed by atoms with Crippen molar-refractivity contribution in [2.45, 2.75) is 39.0 Å². The molecule has 0 spiro atoms. The Bertz CT molecular complexity index is 599. The summed E-state index contributed by atoms with van der Waals surface area (Å²) in [7, 11) is -1.27. The Kier molecular flexibility index (Phi) is 6.40. The van der Waals surface area contributed by atoms with Crippen LogP contribution in [0.5, 0.6) is 0 Å². The quantitative estimate of drug-likeness (QED) is 0.592. The molecule has 0 aromatic carbocycles. The Morgan fingerprint density at radius 1 is 1.36 bits per heavy atom.